The van der Waals surface area contributed by atoms with E-state index in [0.717, 1.165) is 12.2 Å². The third kappa shape index (κ3) is 14.2. The number of allylic oxidation sites excluding steroid dienone is 6. The van der Waals surface area contributed by atoms with Crippen molar-refractivity contribution in [3.05, 3.63) is 47.9 Å². The van der Waals surface area contributed by atoms with Crippen LogP contribution in [0.5, 0.6) is 0 Å². The molecule has 180 valence electrons. The molecule has 0 aliphatic carbocycles. The van der Waals surface area contributed by atoms with Crippen LogP contribution >= 0.6 is 0 Å². The topological polar surface area (TPSA) is 96.5 Å². The van der Waals surface area contributed by atoms with Crippen molar-refractivity contribution in [1.82, 2.24) is 16.0 Å². The largest absolute Gasteiger partial charge is 0.385 e. The second kappa shape index (κ2) is 17.8. The fourth-order valence-corrected chi connectivity index (χ4v) is 2.56. The summed E-state index contributed by atoms with van der Waals surface area (Å²) >= 11 is 0. The highest BCUT2D eigenvalue weighted by molar-refractivity contribution is 5.92. The summed E-state index contributed by atoms with van der Waals surface area (Å²) in [5, 5.41) is 7.85. The van der Waals surface area contributed by atoms with Crippen LogP contribution in [0.15, 0.2) is 47.9 Å². The number of amides is 3. The van der Waals surface area contributed by atoms with E-state index in [2.05, 4.69) is 16.0 Å². The van der Waals surface area contributed by atoms with Crippen molar-refractivity contribution >= 4 is 17.7 Å². The Hall–Kier alpha value is -2.81. The van der Waals surface area contributed by atoms with E-state index in [1.807, 2.05) is 13.0 Å². The first-order valence-electron chi connectivity index (χ1n) is 10.5. The maximum atomic E-state index is 13.1. The van der Waals surface area contributed by atoms with Crippen LogP contribution in [0.3, 0.4) is 0 Å². The zero-order valence-corrected chi connectivity index (χ0v) is 19.3. The number of rotatable bonds is 15. The van der Waals surface area contributed by atoms with Gasteiger partial charge < -0.3 is 20.7 Å². The maximum absolute atomic E-state index is 13.1. The average molecular weight is 456 g/mol. The lowest BCUT2D eigenvalue weighted by atomic mass is 10.1. The predicted molar refractivity (Wildman–Crippen MR) is 121 cm³/mol. The summed E-state index contributed by atoms with van der Waals surface area (Å²) < 4.78 is 30.6. The predicted octanol–water partition coefficient (Wildman–Crippen LogP) is 2.81. The zero-order chi connectivity index (χ0) is 24.4. The Morgan fingerprint density at radius 3 is 2.44 bits per heavy atom. The van der Waals surface area contributed by atoms with Crippen molar-refractivity contribution in [2.24, 2.45) is 0 Å². The number of ether oxygens (including phenoxy) is 1. The van der Waals surface area contributed by atoms with Crippen molar-refractivity contribution in [1.29, 1.82) is 0 Å². The maximum Gasteiger partial charge on any atom is 0.242 e. The SMILES string of the molecule is C/C=C\C=C/C[C@H](NC(=O)C(C)NC(=O)CC(=C/CF)/C=C(\C)F)C(=O)NCCCOC. The van der Waals surface area contributed by atoms with Crippen LogP contribution in [0.2, 0.25) is 0 Å². The van der Waals surface area contributed by atoms with Gasteiger partial charge in [0.1, 0.15) is 18.8 Å². The summed E-state index contributed by atoms with van der Waals surface area (Å²) in [4.78, 5) is 37.2. The Labute approximate surface area is 189 Å². The van der Waals surface area contributed by atoms with Crippen molar-refractivity contribution in [3.63, 3.8) is 0 Å². The molecule has 32 heavy (non-hydrogen) atoms. The third-order valence-electron chi connectivity index (χ3n) is 4.13. The molecular formula is C23H35F2N3O4. The Balaban J connectivity index is 5.00. The minimum atomic E-state index is -0.951. The number of halogens is 2. The van der Waals surface area contributed by atoms with Crippen LogP contribution in [-0.2, 0) is 19.1 Å². The Bertz CT molecular complexity index is 714. The normalized spacial score (nSPS) is 14.4. The molecule has 0 heterocycles. The van der Waals surface area contributed by atoms with Crippen LogP contribution in [0.25, 0.3) is 0 Å². The highest BCUT2D eigenvalue weighted by atomic mass is 19.1. The number of hydrogen-bond donors (Lipinski definition) is 3. The van der Waals surface area contributed by atoms with Crippen LogP contribution in [0.1, 0.15) is 40.0 Å². The van der Waals surface area contributed by atoms with E-state index in [4.69, 9.17) is 4.74 Å². The molecular weight excluding hydrogens is 420 g/mol. The van der Waals surface area contributed by atoms with Gasteiger partial charge in [-0.15, -0.1) is 0 Å². The van der Waals surface area contributed by atoms with Gasteiger partial charge in [0.05, 0.1) is 12.2 Å². The minimum absolute atomic E-state index is 0.167. The smallest absolute Gasteiger partial charge is 0.242 e. The lowest BCUT2D eigenvalue weighted by Gasteiger charge is -2.20. The number of alkyl halides is 1. The Morgan fingerprint density at radius 2 is 1.84 bits per heavy atom. The van der Waals surface area contributed by atoms with Crippen LogP contribution < -0.4 is 16.0 Å². The van der Waals surface area contributed by atoms with Gasteiger partial charge in [-0.1, -0.05) is 24.3 Å². The molecule has 3 N–H and O–H groups in total. The molecule has 0 saturated heterocycles. The first kappa shape index (κ1) is 29.2. The zero-order valence-electron chi connectivity index (χ0n) is 19.3. The molecule has 0 radical (unpaired) electrons. The van der Waals surface area contributed by atoms with E-state index in [1.165, 1.54) is 13.8 Å². The number of hydrogen-bond acceptors (Lipinski definition) is 4. The van der Waals surface area contributed by atoms with Crippen molar-refractivity contribution in [2.45, 2.75) is 52.1 Å². The molecule has 0 aromatic heterocycles. The summed E-state index contributed by atoms with van der Waals surface area (Å²) in [7, 11) is 1.57. The van der Waals surface area contributed by atoms with Crippen molar-refractivity contribution in [3.8, 4) is 0 Å². The monoisotopic (exact) mass is 455 g/mol. The average Bonchev–Trinajstić information content (AvgIpc) is 2.72. The Kier molecular flexibility index (Phi) is 16.3. The van der Waals surface area contributed by atoms with Gasteiger partial charge in [-0.25, -0.2) is 8.78 Å². The van der Waals surface area contributed by atoms with Crippen molar-refractivity contribution in [2.75, 3.05) is 26.9 Å². The van der Waals surface area contributed by atoms with E-state index in [9.17, 15) is 23.2 Å². The van der Waals surface area contributed by atoms with Gasteiger partial charge in [-0.2, -0.15) is 0 Å². The van der Waals surface area contributed by atoms with E-state index in [0.29, 0.717) is 19.6 Å². The summed E-state index contributed by atoms with van der Waals surface area (Å²) in [6.07, 6.45) is 9.91. The van der Waals surface area contributed by atoms with Gasteiger partial charge in [-0.3, -0.25) is 14.4 Å². The molecule has 0 aromatic rings. The van der Waals surface area contributed by atoms with Gasteiger partial charge in [0.25, 0.3) is 0 Å². The molecule has 3 amide bonds. The highest BCUT2D eigenvalue weighted by Crippen LogP contribution is 2.09. The standard InChI is InChI=1S/C23H35F2N3O4/c1-5-6-7-8-10-20(23(31)26-13-9-14-32-4)28-22(30)18(3)27-21(29)16-19(11-12-24)15-17(2)25/h5-8,11,15,18,20H,9-10,12-14,16H2,1-4H3,(H,26,31)(H,27,29)(H,28,30)/b6-5-,8-7-,17-15+,19-11+/t18?,20-/m0/s1. The molecule has 1 unspecified atom stereocenters. The molecule has 0 aliphatic heterocycles. The van der Waals surface area contributed by atoms with Gasteiger partial charge >= 0.3 is 0 Å². The first-order chi connectivity index (χ1) is 15.2. The number of methoxy groups -OCH3 is 1. The number of carbonyl (C=O) groups is 3. The second-order valence-corrected chi connectivity index (χ2v) is 7.02. The van der Waals surface area contributed by atoms with Gasteiger partial charge in [-0.05, 0) is 51.3 Å². The van der Waals surface area contributed by atoms with Crippen LogP contribution in [-0.4, -0.2) is 56.7 Å². The molecule has 0 aromatic carbocycles. The van der Waals surface area contributed by atoms with Crippen molar-refractivity contribution < 1.29 is 27.9 Å². The molecule has 0 fully saturated rings. The van der Waals surface area contributed by atoms with Gasteiger partial charge in [0.2, 0.25) is 17.7 Å². The molecule has 0 aliphatic rings. The fourth-order valence-electron chi connectivity index (χ4n) is 2.56. The van der Waals surface area contributed by atoms with Crippen LogP contribution in [0, 0.1) is 0 Å². The summed E-state index contributed by atoms with van der Waals surface area (Å²) in [5.74, 6) is -2.04. The molecule has 2 atom stereocenters. The molecule has 0 saturated carbocycles. The van der Waals surface area contributed by atoms with Crippen LogP contribution in [0.4, 0.5) is 8.78 Å². The molecule has 0 spiro atoms. The quantitative estimate of drug-likeness (QED) is 0.261. The van der Waals surface area contributed by atoms with Gasteiger partial charge in [0.15, 0.2) is 0 Å². The van der Waals surface area contributed by atoms with E-state index < -0.39 is 36.4 Å². The molecule has 9 heteroatoms. The van der Waals surface area contributed by atoms with E-state index in [-0.39, 0.29) is 24.3 Å². The third-order valence-corrected chi connectivity index (χ3v) is 4.13. The Morgan fingerprint density at radius 1 is 1.12 bits per heavy atom. The van der Waals surface area contributed by atoms with E-state index >= 15 is 0 Å². The first-order valence-corrected chi connectivity index (χ1v) is 10.5. The lowest BCUT2D eigenvalue weighted by molar-refractivity contribution is -0.131. The van der Waals surface area contributed by atoms with E-state index in [1.54, 1.807) is 25.3 Å². The molecule has 0 bridgehead atoms. The summed E-state index contributed by atoms with van der Waals surface area (Å²) in [5.41, 5.74) is 0.167. The summed E-state index contributed by atoms with van der Waals surface area (Å²) in [6, 6.07) is -1.78. The number of carbonyl (C=O) groups excluding carboxylic acids is 3. The van der Waals surface area contributed by atoms with Gasteiger partial charge in [0, 0.05) is 20.3 Å². The fraction of sp³-hybridized carbons (Fsp3) is 0.522. The second-order valence-electron chi connectivity index (χ2n) is 7.02. The minimum Gasteiger partial charge on any atom is -0.385 e. The molecule has 7 nitrogen and oxygen atoms in total. The highest BCUT2D eigenvalue weighted by Gasteiger charge is 2.23. The summed E-state index contributed by atoms with van der Waals surface area (Å²) in [6.45, 7) is 4.56. The number of nitrogens with one attached hydrogen (secondary N) is 3. The lowest BCUT2D eigenvalue weighted by Crippen LogP contribution is -2.52. The molecule has 0 rings (SSSR count).